The monoisotopic (exact) mass is 622 g/mol. The van der Waals surface area contributed by atoms with Crippen LogP contribution in [-0.2, 0) is 17.8 Å². The van der Waals surface area contributed by atoms with Crippen molar-refractivity contribution in [3.63, 3.8) is 0 Å². The van der Waals surface area contributed by atoms with E-state index in [0.29, 0.717) is 13.1 Å². The van der Waals surface area contributed by atoms with Crippen molar-refractivity contribution >= 4 is 51.3 Å². The minimum absolute atomic E-state index is 0.000702. The van der Waals surface area contributed by atoms with Crippen LogP contribution in [0.2, 0.25) is 5.02 Å². The van der Waals surface area contributed by atoms with Crippen molar-refractivity contribution in [1.29, 1.82) is 0 Å². The van der Waals surface area contributed by atoms with Gasteiger partial charge in [-0.2, -0.15) is 0 Å². The molecule has 0 saturated carbocycles. The molecule has 206 valence electrons. The van der Waals surface area contributed by atoms with Gasteiger partial charge < -0.3 is 20.2 Å². The SMILES string of the molecule is CSc1ccccc1CN1CCN(C(=O)C(NC(=O)O)C2CCN(CCc3cc(Cl)ccc3Br)CC2)CC1. The van der Waals surface area contributed by atoms with Gasteiger partial charge in [0, 0.05) is 53.7 Å². The lowest BCUT2D eigenvalue weighted by Crippen LogP contribution is -2.57. The Kier molecular flexibility index (Phi) is 10.8. The summed E-state index contributed by atoms with van der Waals surface area (Å²) in [7, 11) is 0. The molecule has 2 fully saturated rings. The number of hydrogen-bond donors (Lipinski definition) is 2. The first-order chi connectivity index (χ1) is 18.3. The number of piperidine rings is 1. The zero-order valence-electron chi connectivity index (χ0n) is 21.7. The van der Waals surface area contributed by atoms with Crippen molar-refractivity contribution in [3.05, 3.63) is 63.1 Å². The van der Waals surface area contributed by atoms with Crippen LogP contribution in [0, 0.1) is 5.92 Å². The summed E-state index contributed by atoms with van der Waals surface area (Å²) in [6.45, 7) is 6.25. The molecule has 2 aliphatic rings. The third-order valence-electron chi connectivity index (χ3n) is 7.62. The van der Waals surface area contributed by atoms with Gasteiger partial charge in [0.1, 0.15) is 6.04 Å². The molecule has 0 aliphatic carbocycles. The molecule has 7 nitrogen and oxygen atoms in total. The van der Waals surface area contributed by atoms with Crippen LogP contribution in [0.5, 0.6) is 0 Å². The highest BCUT2D eigenvalue weighted by Gasteiger charge is 2.36. The molecule has 2 aliphatic heterocycles. The maximum absolute atomic E-state index is 13.5. The average Bonchev–Trinajstić information content (AvgIpc) is 2.93. The quantitative estimate of drug-likeness (QED) is 0.381. The molecule has 38 heavy (non-hydrogen) atoms. The molecule has 0 radical (unpaired) electrons. The van der Waals surface area contributed by atoms with E-state index in [1.165, 1.54) is 16.0 Å². The average molecular weight is 624 g/mol. The zero-order valence-corrected chi connectivity index (χ0v) is 24.9. The molecule has 2 aromatic rings. The van der Waals surface area contributed by atoms with Crippen LogP contribution in [0.4, 0.5) is 4.79 Å². The number of carbonyl (C=O) groups is 2. The lowest BCUT2D eigenvalue weighted by Gasteiger charge is -2.40. The zero-order chi connectivity index (χ0) is 27.1. The molecule has 2 amide bonds. The van der Waals surface area contributed by atoms with Crippen LogP contribution < -0.4 is 5.32 Å². The molecular weight excluding hydrogens is 588 g/mol. The molecule has 0 aromatic heterocycles. The molecule has 2 aromatic carbocycles. The van der Waals surface area contributed by atoms with Crippen molar-refractivity contribution in [2.75, 3.05) is 52.1 Å². The fourth-order valence-electron chi connectivity index (χ4n) is 5.44. The summed E-state index contributed by atoms with van der Waals surface area (Å²) in [6, 6.07) is 13.6. The number of thioether (sulfide) groups is 1. The third kappa shape index (κ3) is 7.88. The largest absolute Gasteiger partial charge is 0.465 e. The van der Waals surface area contributed by atoms with E-state index < -0.39 is 12.1 Å². The summed E-state index contributed by atoms with van der Waals surface area (Å²) in [5.74, 6) is -0.0860. The first kappa shape index (κ1) is 29.2. The Morgan fingerprint density at radius 3 is 2.45 bits per heavy atom. The number of nitrogens with zero attached hydrogens (tertiary/aromatic N) is 3. The van der Waals surface area contributed by atoms with E-state index in [0.717, 1.165) is 68.0 Å². The number of benzene rings is 2. The molecule has 2 heterocycles. The fourth-order valence-corrected chi connectivity index (χ4v) is 6.68. The number of amides is 2. The Bertz CT molecular complexity index is 1110. The Morgan fingerprint density at radius 1 is 1.05 bits per heavy atom. The highest BCUT2D eigenvalue weighted by molar-refractivity contribution is 9.10. The Balaban J connectivity index is 1.29. The number of halogens is 2. The van der Waals surface area contributed by atoms with Gasteiger partial charge in [-0.3, -0.25) is 9.69 Å². The van der Waals surface area contributed by atoms with Crippen LogP contribution >= 0.6 is 39.3 Å². The Labute approximate surface area is 243 Å². The second-order valence-corrected chi connectivity index (χ2v) is 12.1. The van der Waals surface area contributed by atoms with E-state index in [4.69, 9.17) is 11.6 Å². The molecule has 2 saturated heterocycles. The van der Waals surface area contributed by atoms with Gasteiger partial charge in [-0.05, 0) is 79.9 Å². The third-order valence-corrected chi connectivity index (χ3v) is 9.47. The molecular formula is C28H36BrClN4O3S. The van der Waals surface area contributed by atoms with E-state index in [2.05, 4.69) is 61.6 Å². The standard InChI is InChI=1S/C28H36BrClN4O3S/c1-38-25-5-3-2-4-22(25)19-33-14-16-34(17-15-33)27(35)26(31-28(36)37)20-8-11-32(12-9-20)13-10-21-18-23(30)6-7-24(21)29/h2-7,18,20,26,31H,8-17,19H2,1H3,(H,36,37). The van der Waals surface area contributed by atoms with Crippen LogP contribution in [0.25, 0.3) is 0 Å². The van der Waals surface area contributed by atoms with E-state index in [1.807, 2.05) is 23.1 Å². The molecule has 1 unspecified atom stereocenters. The summed E-state index contributed by atoms with van der Waals surface area (Å²) in [5, 5.41) is 12.8. The van der Waals surface area contributed by atoms with E-state index in [1.54, 1.807) is 11.8 Å². The van der Waals surface area contributed by atoms with Crippen molar-refractivity contribution in [2.24, 2.45) is 5.92 Å². The van der Waals surface area contributed by atoms with Crippen molar-refractivity contribution in [3.8, 4) is 0 Å². The molecule has 0 spiro atoms. The highest BCUT2D eigenvalue weighted by atomic mass is 79.9. The van der Waals surface area contributed by atoms with Crippen LogP contribution in [-0.4, -0.2) is 89.9 Å². The summed E-state index contributed by atoms with van der Waals surface area (Å²) < 4.78 is 1.06. The lowest BCUT2D eigenvalue weighted by atomic mass is 9.88. The molecule has 2 N–H and O–H groups in total. The number of carboxylic acid groups (broad SMARTS) is 1. The van der Waals surface area contributed by atoms with Gasteiger partial charge in [0.2, 0.25) is 5.91 Å². The van der Waals surface area contributed by atoms with E-state index in [-0.39, 0.29) is 11.8 Å². The smallest absolute Gasteiger partial charge is 0.405 e. The number of carbonyl (C=O) groups excluding carboxylic acids is 1. The van der Waals surface area contributed by atoms with Crippen LogP contribution in [0.15, 0.2) is 51.8 Å². The van der Waals surface area contributed by atoms with E-state index in [9.17, 15) is 14.7 Å². The predicted octanol–water partition coefficient (Wildman–Crippen LogP) is 5.06. The predicted molar refractivity (Wildman–Crippen MR) is 157 cm³/mol. The molecule has 1 atom stereocenters. The maximum atomic E-state index is 13.5. The maximum Gasteiger partial charge on any atom is 0.405 e. The number of piperazine rings is 1. The van der Waals surface area contributed by atoms with Gasteiger partial charge in [-0.15, -0.1) is 11.8 Å². The van der Waals surface area contributed by atoms with Gasteiger partial charge >= 0.3 is 6.09 Å². The minimum Gasteiger partial charge on any atom is -0.465 e. The second-order valence-electron chi connectivity index (χ2n) is 10.0. The van der Waals surface area contributed by atoms with Crippen LogP contribution in [0.3, 0.4) is 0 Å². The summed E-state index contributed by atoms with van der Waals surface area (Å²) >= 11 is 11.5. The van der Waals surface area contributed by atoms with Gasteiger partial charge in [0.15, 0.2) is 0 Å². The summed E-state index contributed by atoms with van der Waals surface area (Å²) in [5.41, 5.74) is 2.48. The first-order valence-corrected chi connectivity index (χ1v) is 15.5. The number of hydrogen-bond acceptors (Lipinski definition) is 5. The number of likely N-dealkylation sites (tertiary alicyclic amines) is 1. The van der Waals surface area contributed by atoms with Gasteiger partial charge in [-0.25, -0.2) is 4.79 Å². The molecule has 0 bridgehead atoms. The summed E-state index contributed by atoms with van der Waals surface area (Å²) in [4.78, 5) is 33.0. The normalized spacial score (nSPS) is 18.3. The minimum atomic E-state index is -1.14. The Hall–Kier alpha value is -1.78. The summed E-state index contributed by atoms with van der Waals surface area (Å²) in [6.07, 6.45) is 3.42. The molecule has 10 heteroatoms. The van der Waals surface area contributed by atoms with E-state index >= 15 is 0 Å². The lowest BCUT2D eigenvalue weighted by molar-refractivity contribution is -0.137. The van der Waals surface area contributed by atoms with Crippen LogP contribution in [0.1, 0.15) is 24.0 Å². The topological polar surface area (TPSA) is 76.1 Å². The number of rotatable bonds is 9. The van der Waals surface area contributed by atoms with Gasteiger partial charge in [-0.1, -0.05) is 45.7 Å². The van der Waals surface area contributed by atoms with Crippen molar-refractivity contribution in [1.82, 2.24) is 20.0 Å². The Morgan fingerprint density at radius 2 is 1.76 bits per heavy atom. The van der Waals surface area contributed by atoms with Gasteiger partial charge in [0.05, 0.1) is 0 Å². The second kappa shape index (κ2) is 14.0. The van der Waals surface area contributed by atoms with Gasteiger partial charge in [0.25, 0.3) is 0 Å². The highest BCUT2D eigenvalue weighted by Crippen LogP contribution is 2.26. The molecule has 4 rings (SSSR count). The van der Waals surface area contributed by atoms with Crippen molar-refractivity contribution in [2.45, 2.75) is 36.7 Å². The van der Waals surface area contributed by atoms with Crippen molar-refractivity contribution < 1.29 is 14.7 Å². The first-order valence-electron chi connectivity index (χ1n) is 13.1. The number of nitrogens with one attached hydrogen (secondary N) is 1. The fraction of sp³-hybridized carbons (Fsp3) is 0.500.